The molecule has 0 aliphatic rings. The smallest absolute Gasteiger partial charge is 0.348 e. The Morgan fingerprint density at radius 3 is 2.43 bits per heavy atom. The zero-order valence-electron chi connectivity index (χ0n) is 13.5. The first-order valence-corrected chi connectivity index (χ1v) is 9.03. The lowest BCUT2D eigenvalue weighted by atomic mass is 10.1. The lowest BCUT2D eigenvalue weighted by Crippen LogP contribution is -2.40. The standard InChI is InChI=1S/C13H22N2O5S2.ClH/c1-8(2)5-9(7-14)15-22(17,18)13-10(19-3)6-11(21-13)12(16)20-4;/h6,8-9,15H,5,7,14H2,1-4H3;1H. The van der Waals surface area contributed by atoms with Gasteiger partial charge in [-0.3, -0.25) is 0 Å². The summed E-state index contributed by atoms with van der Waals surface area (Å²) in [6.07, 6.45) is 0.618. The molecule has 0 saturated heterocycles. The highest BCUT2D eigenvalue weighted by Gasteiger charge is 2.28. The Balaban J connectivity index is 0.00000484. The fourth-order valence-electron chi connectivity index (χ4n) is 1.92. The minimum atomic E-state index is -3.83. The molecule has 0 bridgehead atoms. The second kappa shape index (κ2) is 9.43. The van der Waals surface area contributed by atoms with E-state index in [0.29, 0.717) is 12.3 Å². The summed E-state index contributed by atoms with van der Waals surface area (Å²) >= 11 is 0.804. The molecule has 0 saturated carbocycles. The number of hydrogen-bond acceptors (Lipinski definition) is 7. The Morgan fingerprint density at radius 1 is 1.39 bits per heavy atom. The first-order chi connectivity index (χ1) is 10.2. The van der Waals surface area contributed by atoms with Gasteiger partial charge in [0, 0.05) is 18.7 Å². The van der Waals surface area contributed by atoms with E-state index in [1.54, 1.807) is 0 Å². The molecule has 0 fully saturated rings. The quantitative estimate of drug-likeness (QED) is 0.657. The second-order valence-electron chi connectivity index (χ2n) is 5.14. The minimum Gasteiger partial charge on any atom is -0.494 e. The number of thiophene rings is 1. The van der Waals surface area contributed by atoms with Crippen molar-refractivity contribution in [3.8, 4) is 5.75 Å². The third-order valence-corrected chi connectivity index (χ3v) is 6.01. The molecule has 1 rings (SSSR count). The second-order valence-corrected chi connectivity index (χ2v) is 8.10. The van der Waals surface area contributed by atoms with Gasteiger partial charge in [0.2, 0.25) is 0 Å². The molecule has 0 aliphatic carbocycles. The number of methoxy groups -OCH3 is 2. The fraction of sp³-hybridized carbons (Fsp3) is 0.615. The predicted octanol–water partition coefficient (Wildman–Crippen LogP) is 1.62. The molecule has 1 aromatic heterocycles. The van der Waals surface area contributed by atoms with Crippen LogP contribution in [0.4, 0.5) is 0 Å². The molecule has 1 aromatic rings. The highest BCUT2D eigenvalue weighted by atomic mass is 35.5. The summed E-state index contributed by atoms with van der Waals surface area (Å²) in [5.74, 6) is -0.201. The molecule has 10 heteroatoms. The number of rotatable bonds is 8. The van der Waals surface area contributed by atoms with Crippen LogP contribution in [0.25, 0.3) is 0 Å². The Bertz CT molecular complexity index is 616. The van der Waals surface area contributed by atoms with Gasteiger partial charge in [-0.15, -0.1) is 23.7 Å². The molecule has 134 valence electrons. The van der Waals surface area contributed by atoms with E-state index in [-0.39, 0.29) is 39.8 Å². The van der Waals surface area contributed by atoms with Gasteiger partial charge in [0.05, 0.1) is 14.2 Å². The van der Waals surface area contributed by atoms with E-state index in [9.17, 15) is 13.2 Å². The van der Waals surface area contributed by atoms with E-state index in [1.165, 1.54) is 20.3 Å². The molecule has 0 amide bonds. The Hall–Kier alpha value is -0.870. The van der Waals surface area contributed by atoms with Crippen LogP contribution in [0.5, 0.6) is 5.75 Å². The van der Waals surface area contributed by atoms with Gasteiger partial charge in [-0.2, -0.15) is 0 Å². The van der Waals surface area contributed by atoms with Crippen LogP contribution in [-0.2, 0) is 14.8 Å². The maximum atomic E-state index is 12.5. The first-order valence-electron chi connectivity index (χ1n) is 6.73. The van der Waals surface area contributed by atoms with E-state index < -0.39 is 16.0 Å². The average Bonchev–Trinajstić information content (AvgIpc) is 2.90. The number of ether oxygens (including phenoxy) is 2. The summed E-state index contributed by atoms with van der Waals surface area (Å²) in [5.41, 5.74) is 5.62. The third kappa shape index (κ3) is 5.92. The number of sulfonamides is 1. The summed E-state index contributed by atoms with van der Waals surface area (Å²) in [6.45, 7) is 4.16. The number of hydrogen-bond donors (Lipinski definition) is 2. The van der Waals surface area contributed by atoms with Crippen molar-refractivity contribution < 1.29 is 22.7 Å². The van der Waals surface area contributed by atoms with Gasteiger partial charge in [-0.1, -0.05) is 13.8 Å². The molecular formula is C13H23ClN2O5S2. The molecule has 0 aliphatic heterocycles. The van der Waals surface area contributed by atoms with Gasteiger partial charge in [0.1, 0.15) is 4.88 Å². The van der Waals surface area contributed by atoms with Gasteiger partial charge in [-0.05, 0) is 12.3 Å². The molecule has 0 spiro atoms. The van der Waals surface area contributed by atoms with Gasteiger partial charge >= 0.3 is 5.97 Å². The Kier molecular flexibility index (Phi) is 9.07. The molecule has 7 nitrogen and oxygen atoms in total. The fourth-order valence-corrected chi connectivity index (χ4v) is 4.70. The molecular weight excluding hydrogens is 364 g/mol. The van der Waals surface area contributed by atoms with Crippen LogP contribution in [0.1, 0.15) is 29.9 Å². The SMILES string of the molecule is COC(=O)c1cc(OC)c(S(=O)(=O)NC(CN)CC(C)C)s1.Cl. The van der Waals surface area contributed by atoms with Crippen LogP contribution < -0.4 is 15.2 Å². The Morgan fingerprint density at radius 2 is 2.00 bits per heavy atom. The maximum absolute atomic E-state index is 12.5. The molecule has 1 unspecified atom stereocenters. The topological polar surface area (TPSA) is 108 Å². The van der Waals surface area contributed by atoms with Crippen molar-refractivity contribution in [2.24, 2.45) is 11.7 Å². The minimum absolute atomic E-state index is 0. The highest BCUT2D eigenvalue weighted by Crippen LogP contribution is 2.34. The number of carbonyl (C=O) groups excluding carboxylic acids is 1. The molecule has 1 atom stereocenters. The first kappa shape index (κ1) is 22.1. The van der Waals surface area contributed by atoms with E-state index in [4.69, 9.17) is 10.5 Å². The third-order valence-electron chi connectivity index (χ3n) is 2.88. The average molecular weight is 387 g/mol. The van der Waals surface area contributed by atoms with Gasteiger partial charge < -0.3 is 15.2 Å². The number of esters is 1. The molecule has 3 N–H and O–H groups in total. The van der Waals surface area contributed by atoms with Crippen LogP contribution in [0.15, 0.2) is 10.3 Å². The van der Waals surface area contributed by atoms with Crippen LogP contribution in [0, 0.1) is 5.92 Å². The number of nitrogens with two attached hydrogens (primary N) is 1. The zero-order chi connectivity index (χ0) is 16.9. The normalized spacial score (nSPS) is 12.6. The largest absolute Gasteiger partial charge is 0.494 e. The Labute approximate surface area is 147 Å². The van der Waals surface area contributed by atoms with Gasteiger partial charge in [-0.25, -0.2) is 17.9 Å². The van der Waals surface area contributed by atoms with Gasteiger partial charge in [0.15, 0.2) is 9.96 Å². The number of halogens is 1. The van der Waals surface area contributed by atoms with E-state index in [2.05, 4.69) is 9.46 Å². The predicted molar refractivity (Wildman–Crippen MR) is 92.1 cm³/mol. The van der Waals surface area contributed by atoms with Crippen LogP contribution in [-0.4, -0.2) is 41.2 Å². The van der Waals surface area contributed by atoms with Crippen molar-refractivity contribution in [1.82, 2.24) is 4.72 Å². The maximum Gasteiger partial charge on any atom is 0.348 e. The molecule has 0 aromatic carbocycles. The lowest BCUT2D eigenvalue weighted by Gasteiger charge is -2.18. The van der Waals surface area contributed by atoms with Crippen molar-refractivity contribution >= 4 is 39.7 Å². The number of carbonyl (C=O) groups is 1. The molecule has 23 heavy (non-hydrogen) atoms. The summed E-state index contributed by atoms with van der Waals surface area (Å²) in [4.78, 5) is 11.7. The van der Waals surface area contributed by atoms with Crippen LogP contribution in [0.2, 0.25) is 0 Å². The highest BCUT2D eigenvalue weighted by molar-refractivity contribution is 7.91. The van der Waals surface area contributed by atoms with Crippen molar-refractivity contribution in [3.63, 3.8) is 0 Å². The van der Waals surface area contributed by atoms with E-state index in [0.717, 1.165) is 11.3 Å². The van der Waals surface area contributed by atoms with Crippen molar-refractivity contribution in [3.05, 3.63) is 10.9 Å². The summed E-state index contributed by atoms with van der Waals surface area (Å²) in [5, 5.41) is 0. The van der Waals surface area contributed by atoms with Crippen molar-refractivity contribution in [2.75, 3.05) is 20.8 Å². The summed E-state index contributed by atoms with van der Waals surface area (Å²) < 4.78 is 37.2. The monoisotopic (exact) mass is 386 g/mol. The summed E-state index contributed by atoms with van der Waals surface area (Å²) in [7, 11) is -1.25. The van der Waals surface area contributed by atoms with Crippen LogP contribution >= 0.6 is 23.7 Å². The zero-order valence-corrected chi connectivity index (χ0v) is 15.9. The summed E-state index contributed by atoms with van der Waals surface area (Å²) in [6, 6.07) is 0.976. The van der Waals surface area contributed by atoms with Gasteiger partial charge in [0.25, 0.3) is 10.0 Å². The van der Waals surface area contributed by atoms with Crippen molar-refractivity contribution in [1.29, 1.82) is 0 Å². The molecule has 0 radical (unpaired) electrons. The number of nitrogens with one attached hydrogen (secondary N) is 1. The molecule has 1 heterocycles. The van der Waals surface area contributed by atoms with E-state index in [1.807, 2.05) is 13.8 Å². The van der Waals surface area contributed by atoms with E-state index >= 15 is 0 Å². The lowest BCUT2D eigenvalue weighted by molar-refractivity contribution is 0.0606. The van der Waals surface area contributed by atoms with Crippen LogP contribution in [0.3, 0.4) is 0 Å². The van der Waals surface area contributed by atoms with Crippen molar-refractivity contribution in [2.45, 2.75) is 30.5 Å².